The van der Waals surface area contributed by atoms with Crippen molar-refractivity contribution in [3.63, 3.8) is 0 Å². The molecule has 18 heavy (non-hydrogen) atoms. The molecule has 0 amide bonds. The van der Waals surface area contributed by atoms with Gasteiger partial charge < -0.3 is 15.2 Å². The molecule has 1 atom stereocenters. The number of hydrogen-bond acceptors (Lipinski definition) is 2. The number of nitrogens with zero attached hydrogens (tertiary/aromatic N) is 2. The predicted molar refractivity (Wildman–Crippen MR) is 73.1 cm³/mol. The highest BCUT2D eigenvalue weighted by Gasteiger charge is 2.21. The Morgan fingerprint density at radius 3 is 2.61 bits per heavy atom. The van der Waals surface area contributed by atoms with Crippen LogP contribution in [0.4, 0.5) is 4.39 Å². The molecule has 0 aliphatic heterocycles. The summed E-state index contributed by atoms with van der Waals surface area (Å²) in [5.41, 5.74) is 9.18. The zero-order valence-corrected chi connectivity index (χ0v) is 11.4. The van der Waals surface area contributed by atoms with Gasteiger partial charge in [-0.25, -0.2) is 4.39 Å². The summed E-state index contributed by atoms with van der Waals surface area (Å²) in [6, 6.07) is 5.03. The van der Waals surface area contributed by atoms with Gasteiger partial charge in [-0.15, -0.1) is 0 Å². The van der Waals surface area contributed by atoms with Crippen molar-refractivity contribution < 1.29 is 4.39 Å². The predicted octanol–water partition coefficient (Wildman–Crippen LogP) is 2.19. The third-order valence-corrected chi connectivity index (χ3v) is 3.68. The van der Waals surface area contributed by atoms with E-state index in [1.807, 2.05) is 27.2 Å². The zero-order chi connectivity index (χ0) is 13.4. The Hall–Kier alpha value is -1.39. The van der Waals surface area contributed by atoms with Crippen LogP contribution >= 0.6 is 0 Å². The Morgan fingerprint density at radius 1 is 1.39 bits per heavy atom. The van der Waals surface area contributed by atoms with Crippen LogP contribution in [0.5, 0.6) is 0 Å². The van der Waals surface area contributed by atoms with E-state index in [1.165, 1.54) is 6.07 Å². The zero-order valence-electron chi connectivity index (χ0n) is 11.4. The first kappa shape index (κ1) is 13.1. The maximum absolute atomic E-state index is 13.5. The lowest BCUT2D eigenvalue weighted by Gasteiger charge is -2.23. The lowest BCUT2D eigenvalue weighted by atomic mass is 10.0. The van der Waals surface area contributed by atoms with Crippen LogP contribution in [0.25, 0.3) is 10.9 Å². The number of benzene rings is 1. The van der Waals surface area contributed by atoms with E-state index in [2.05, 4.69) is 16.4 Å². The van der Waals surface area contributed by atoms with Gasteiger partial charge in [-0.2, -0.15) is 0 Å². The van der Waals surface area contributed by atoms with Gasteiger partial charge in [0.1, 0.15) is 5.82 Å². The molecule has 0 aliphatic rings. The second-order valence-corrected chi connectivity index (χ2v) is 4.93. The molecule has 0 fully saturated rings. The number of aryl methyl sites for hydroxylation is 1. The van der Waals surface area contributed by atoms with Crippen LogP contribution < -0.4 is 5.73 Å². The van der Waals surface area contributed by atoms with Gasteiger partial charge >= 0.3 is 0 Å². The number of rotatable bonds is 3. The van der Waals surface area contributed by atoms with Crippen LogP contribution in [0.3, 0.4) is 0 Å². The standard InChI is InChI=1S/C14H20FN3/c1-9-14(13(8-16)17(2)3)11-7-10(15)5-6-12(11)18(9)4/h5-7,13H,8,16H2,1-4H3. The number of aromatic nitrogens is 1. The Kier molecular flexibility index (Phi) is 3.41. The largest absolute Gasteiger partial charge is 0.348 e. The molecule has 2 N–H and O–H groups in total. The number of fused-ring (bicyclic) bond motifs is 1. The monoisotopic (exact) mass is 249 g/mol. The van der Waals surface area contributed by atoms with Crippen LogP contribution in [-0.2, 0) is 7.05 Å². The van der Waals surface area contributed by atoms with E-state index in [1.54, 1.807) is 6.07 Å². The molecule has 98 valence electrons. The van der Waals surface area contributed by atoms with Crippen molar-refractivity contribution in [2.45, 2.75) is 13.0 Å². The molecule has 0 saturated carbocycles. The van der Waals surface area contributed by atoms with Crippen molar-refractivity contribution in [3.8, 4) is 0 Å². The van der Waals surface area contributed by atoms with E-state index >= 15 is 0 Å². The minimum Gasteiger partial charge on any atom is -0.348 e. The molecular weight excluding hydrogens is 229 g/mol. The molecule has 2 rings (SSSR count). The summed E-state index contributed by atoms with van der Waals surface area (Å²) in [7, 11) is 5.99. The molecule has 0 radical (unpaired) electrons. The first-order valence-electron chi connectivity index (χ1n) is 6.08. The van der Waals surface area contributed by atoms with Crippen molar-refractivity contribution >= 4 is 10.9 Å². The van der Waals surface area contributed by atoms with E-state index in [-0.39, 0.29) is 11.9 Å². The highest BCUT2D eigenvalue weighted by molar-refractivity contribution is 5.86. The SMILES string of the molecule is Cc1c(C(CN)N(C)C)c2cc(F)ccc2n1C. The maximum atomic E-state index is 13.5. The molecule has 1 unspecified atom stereocenters. The molecule has 3 nitrogen and oxygen atoms in total. The van der Waals surface area contributed by atoms with Gasteiger partial charge in [0.25, 0.3) is 0 Å². The third kappa shape index (κ3) is 1.91. The fourth-order valence-electron chi connectivity index (χ4n) is 2.58. The summed E-state index contributed by atoms with van der Waals surface area (Å²) in [6.45, 7) is 2.57. The van der Waals surface area contributed by atoms with Crippen LogP contribution in [-0.4, -0.2) is 30.1 Å². The molecular formula is C14H20FN3. The Bertz CT molecular complexity index is 572. The van der Waals surface area contributed by atoms with E-state index in [0.717, 1.165) is 22.2 Å². The summed E-state index contributed by atoms with van der Waals surface area (Å²) < 4.78 is 15.6. The van der Waals surface area contributed by atoms with Crippen molar-refractivity contribution in [3.05, 3.63) is 35.3 Å². The number of halogens is 1. The van der Waals surface area contributed by atoms with E-state index in [4.69, 9.17) is 5.73 Å². The van der Waals surface area contributed by atoms with Crippen LogP contribution in [0, 0.1) is 12.7 Å². The Labute approximate surface area is 107 Å². The minimum atomic E-state index is -0.205. The average Bonchev–Trinajstić information content (AvgIpc) is 2.54. The van der Waals surface area contributed by atoms with Gasteiger partial charge in [-0.3, -0.25) is 0 Å². The van der Waals surface area contributed by atoms with E-state index in [0.29, 0.717) is 6.54 Å². The number of nitrogens with two attached hydrogens (primary N) is 1. The smallest absolute Gasteiger partial charge is 0.123 e. The second kappa shape index (κ2) is 4.71. The fraction of sp³-hybridized carbons (Fsp3) is 0.429. The molecule has 1 heterocycles. The van der Waals surface area contributed by atoms with Crippen molar-refractivity contribution in [1.29, 1.82) is 0 Å². The molecule has 4 heteroatoms. The molecule has 0 saturated heterocycles. The van der Waals surface area contributed by atoms with Crippen molar-refractivity contribution in [1.82, 2.24) is 9.47 Å². The van der Waals surface area contributed by atoms with Gasteiger partial charge in [0.15, 0.2) is 0 Å². The summed E-state index contributed by atoms with van der Waals surface area (Å²) in [5, 5.41) is 0.958. The lowest BCUT2D eigenvalue weighted by molar-refractivity contribution is 0.306. The van der Waals surface area contributed by atoms with E-state index < -0.39 is 0 Å². The molecule has 1 aromatic heterocycles. The van der Waals surface area contributed by atoms with Crippen molar-refractivity contribution in [2.24, 2.45) is 12.8 Å². The average molecular weight is 249 g/mol. The minimum absolute atomic E-state index is 0.107. The second-order valence-electron chi connectivity index (χ2n) is 4.93. The van der Waals surface area contributed by atoms with Gasteiger partial charge in [0, 0.05) is 36.2 Å². The van der Waals surface area contributed by atoms with Gasteiger partial charge in [-0.05, 0) is 44.8 Å². The molecule has 1 aromatic carbocycles. The Morgan fingerprint density at radius 2 is 2.06 bits per heavy atom. The molecule has 0 spiro atoms. The number of hydrogen-bond donors (Lipinski definition) is 1. The summed E-state index contributed by atoms with van der Waals surface area (Å²) in [6.07, 6.45) is 0. The highest BCUT2D eigenvalue weighted by atomic mass is 19.1. The van der Waals surface area contributed by atoms with Crippen LogP contribution in [0.1, 0.15) is 17.3 Å². The molecule has 0 aliphatic carbocycles. The first-order chi connectivity index (χ1) is 8.47. The van der Waals surface area contributed by atoms with Gasteiger partial charge in [-0.1, -0.05) is 0 Å². The quantitative estimate of drug-likeness (QED) is 0.904. The normalized spacial score (nSPS) is 13.5. The third-order valence-electron chi connectivity index (χ3n) is 3.68. The van der Waals surface area contributed by atoms with Gasteiger partial charge in [0.05, 0.1) is 0 Å². The summed E-state index contributed by atoms with van der Waals surface area (Å²) in [4.78, 5) is 2.08. The number of likely N-dealkylation sites (N-methyl/N-ethyl adjacent to an activating group) is 1. The van der Waals surface area contributed by atoms with E-state index in [9.17, 15) is 4.39 Å². The van der Waals surface area contributed by atoms with Crippen LogP contribution in [0.15, 0.2) is 18.2 Å². The van der Waals surface area contributed by atoms with Crippen molar-refractivity contribution in [2.75, 3.05) is 20.6 Å². The topological polar surface area (TPSA) is 34.2 Å². The maximum Gasteiger partial charge on any atom is 0.123 e. The highest BCUT2D eigenvalue weighted by Crippen LogP contribution is 2.32. The van der Waals surface area contributed by atoms with Crippen LogP contribution in [0.2, 0.25) is 0 Å². The molecule has 2 aromatic rings. The first-order valence-corrected chi connectivity index (χ1v) is 6.08. The fourth-order valence-corrected chi connectivity index (χ4v) is 2.58. The van der Waals surface area contributed by atoms with Gasteiger partial charge in [0.2, 0.25) is 0 Å². The summed E-state index contributed by atoms with van der Waals surface area (Å²) in [5.74, 6) is -0.205. The summed E-state index contributed by atoms with van der Waals surface area (Å²) >= 11 is 0. The molecule has 0 bridgehead atoms. The lowest BCUT2D eigenvalue weighted by Crippen LogP contribution is -2.27. The Balaban J connectivity index is 2.76.